The molecule has 138 valence electrons. The Kier molecular flexibility index (Phi) is 3.98. The summed E-state index contributed by atoms with van der Waals surface area (Å²) in [7, 11) is 0. The average Bonchev–Trinajstić information content (AvgIpc) is 3.40. The number of rotatable bonds is 3. The average molecular weight is 389 g/mol. The van der Waals surface area contributed by atoms with E-state index in [4.69, 9.17) is 9.47 Å². The molecule has 28 heavy (non-hydrogen) atoms. The van der Waals surface area contributed by atoms with E-state index in [2.05, 4.69) is 0 Å². The molecule has 3 aromatic rings. The molecule has 2 aromatic carbocycles. The van der Waals surface area contributed by atoms with Gasteiger partial charge < -0.3 is 9.47 Å². The van der Waals surface area contributed by atoms with Gasteiger partial charge in [-0.3, -0.25) is 14.5 Å². The molecule has 5 nitrogen and oxygen atoms in total. The Morgan fingerprint density at radius 1 is 0.929 bits per heavy atom. The van der Waals surface area contributed by atoms with Crippen molar-refractivity contribution < 1.29 is 19.1 Å². The van der Waals surface area contributed by atoms with Crippen molar-refractivity contribution in [3.63, 3.8) is 0 Å². The lowest BCUT2D eigenvalue weighted by atomic mass is 9.92. The number of fused-ring (bicyclic) bond motifs is 2. The first-order valence-electron chi connectivity index (χ1n) is 8.80. The van der Waals surface area contributed by atoms with Crippen molar-refractivity contribution in [2.75, 3.05) is 6.79 Å². The number of carbonyl (C=O) groups excluding carboxylic acids is 2. The second-order valence-corrected chi connectivity index (χ2v) is 7.48. The largest absolute Gasteiger partial charge is 0.454 e. The third-order valence-corrected chi connectivity index (χ3v) is 5.60. The van der Waals surface area contributed by atoms with E-state index in [0.717, 1.165) is 10.4 Å². The van der Waals surface area contributed by atoms with Gasteiger partial charge in [-0.25, -0.2) is 0 Å². The molecule has 0 fully saturated rings. The van der Waals surface area contributed by atoms with Gasteiger partial charge in [0.25, 0.3) is 11.8 Å². The van der Waals surface area contributed by atoms with Gasteiger partial charge in [0.1, 0.15) is 0 Å². The highest BCUT2D eigenvalue weighted by Crippen LogP contribution is 2.35. The summed E-state index contributed by atoms with van der Waals surface area (Å²) < 4.78 is 10.7. The molecular weight excluding hydrogens is 374 g/mol. The number of nitrogens with zero attached hydrogens (tertiary/aromatic N) is 1. The van der Waals surface area contributed by atoms with Gasteiger partial charge in [0.15, 0.2) is 11.5 Å². The smallest absolute Gasteiger partial charge is 0.261 e. The summed E-state index contributed by atoms with van der Waals surface area (Å²) in [5.74, 6) is 0.712. The van der Waals surface area contributed by atoms with Gasteiger partial charge in [0.05, 0.1) is 6.54 Å². The highest BCUT2D eigenvalue weighted by Gasteiger charge is 2.34. The molecule has 3 heterocycles. The van der Waals surface area contributed by atoms with E-state index in [1.54, 1.807) is 23.5 Å². The fourth-order valence-electron chi connectivity index (χ4n) is 3.42. The molecule has 2 amide bonds. The molecular formula is C22H15NO4S. The topological polar surface area (TPSA) is 55.8 Å². The molecule has 0 atom stereocenters. The van der Waals surface area contributed by atoms with Gasteiger partial charge in [-0.1, -0.05) is 30.3 Å². The molecule has 0 saturated heterocycles. The number of amides is 2. The van der Waals surface area contributed by atoms with Crippen molar-refractivity contribution >= 4 is 34.8 Å². The van der Waals surface area contributed by atoms with Gasteiger partial charge >= 0.3 is 0 Å². The Labute approximate surface area is 165 Å². The predicted molar refractivity (Wildman–Crippen MR) is 106 cm³/mol. The van der Waals surface area contributed by atoms with Crippen LogP contribution in [0.25, 0.3) is 11.6 Å². The fourth-order valence-corrected chi connectivity index (χ4v) is 4.08. The molecule has 0 saturated carbocycles. The number of carbonyl (C=O) groups is 2. The van der Waals surface area contributed by atoms with Gasteiger partial charge in [0, 0.05) is 16.0 Å². The van der Waals surface area contributed by atoms with Crippen molar-refractivity contribution in [3.05, 3.63) is 81.5 Å². The van der Waals surface area contributed by atoms with Gasteiger partial charge in [-0.2, -0.15) is 0 Å². The van der Waals surface area contributed by atoms with Crippen LogP contribution >= 0.6 is 11.3 Å². The third-order valence-electron chi connectivity index (χ3n) is 4.78. The van der Waals surface area contributed by atoms with Crippen LogP contribution in [0.2, 0.25) is 0 Å². The second kappa shape index (κ2) is 6.65. The highest BCUT2D eigenvalue weighted by molar-refractivity contribution is 7.11. The number of hydrogen-bond donors (Lipinski definition) is 0. The minimum atomic E-state index is -0.297. The van der Waals surface area contributed by atoms with Gasteiger partial charge in [-0.15, -0.1) is 11.3 Å². The normalized spacial score (nSPS) is 16.6. The van der Waals surface area contributed by atoms with E-state index in [9.17, 15) is 9.59 Å². The van der Waals surface area contributed by atoms with Crippen molar-refractivity contribution in [1.82, 2.24) is 4.90 Å². The zero-order valence-corrected chi connectivity index (χ0v) is 15.6. The maximum Gasteiger partial charge on any atom is 0.261 e. The summed E-state index contributed by atoms with van der Waals surface area (Å²) in [4.78, 5) is 28.5. The Morgan fingerprint density at radius 3 is 2.57 bits per heavy atom. The summed E-state index contributed by atoms with van der Waals surface area (Å²) >= 11 is 1.55. The molecule has 2 aliphatic rings. The number of hydrogen-bond acceptors (Lipinski definition) is 5. The van der Waals surface area contributed by atoms with Crippen LogP contribution in [-0.4, -0.2) is 23.5 Å². The van der Waals surface area contributed by atoms with E-state index >= 15 is 0 Å². The first-order chi connectivity index (χ1) is 13.7. The number of thiophene rings is 1. The number of imide groups is 1. The molecule has 1 aromatic heterocycles. The lowest BCUT2D eigenvalue weighted by Gasteiger charge is -2.28. The summed E-state index contributed by atoms with van der Waals surface area (Å²) in [6, 6.07) is 16.6. The van der Waals surface area contributed by atoms with Crippen molar-refractivity contribution in [2.24, 2.45) is 0 Å². The minimum absolute atomic E-state index is 0.171. The first kappa shape index (κ1) is 16.8. The minimum Gasteiger partial charge on any atom is -0.454 e. The van der Waals surface area contributed by atoms with Crippen LogP contribution in [0.4, 0.5) is 0 Å². The molecule has 0 aliphatic carbocycles. The van der Waals surface area contributed by atoms with Crippen LogP contribution < -0.4 is 9.47 Å². The maximum absolute atomic E-state index is 13.2. The monoisotopic (exact) mass is 389 g/mol. The van der Waals surface area contributed by atoms with E-state index in [-0.39, 0.29) is 25.2 Å². The van der Waals surface area contributed by atoms with E-state index in [0.29, 0.717) is 28.2 Å². The molecule has 2 aliphatic heterocycles. The number of ether oxygens (including phenoxy) is 2. The predicted octanol–water partition coefficient (Wildman–Crippen LogP) is 4.20. The third kappa shape index (κ3) is 2.78. The van der Waals surface area contributed by atoms with E-state index in [1.807, 2.05) is 53.9 Å². The van der Waals surface area contributed by atoms with Crippen LogP contribution in [0.15, 0.2) is 60.0 Å². The van der Waals surface area contributed by atoms with Crippen molar-refractivity contribution in [1.29, 1.82) is 0 Å². The molecule has 0 bridgehead atoms. The lowest BCUT2D eigenvalue weighted by molar-refractivity contribution is -0.123. The van der Waals surface area contributed by atoms with Crippen LogP contribution in [0.1, 0.15) is 26.4 Å². The lowest BCUT2D eigenvalue weighted by Crippen LogP contribution is -2.41. The zero-order chi connectivity index (χ0) is 19.1. The molecule has 0 unspecified atom stereocenters. The maximum atomic E-state index is 13.2. The van der Waals surface area contributed by atoms with Crippen LogP contribution in [0, 0.1) is 0 Å². The molecule has 0 radical (unpaired) electrons. The summed E-state index contributed by atoms with van der Waals surface area (Å²) in [5.41, 5.74) is 2.54. The van der Waals surface area contributed by atoms with Crippen molar-refractivity contribution in [3.8, 4) is 11.5 Å². The van der Waals surface area contributed by atoms with Crippen molar-refractivity contribution in [2.45, 2.75) is 6.54 Å². The Bertz CT molecular complexity index is 1120. The van der Waals surface area contributed by atoms with E-state index in [1.165, 1.54) is 4.90 Å². The van der Waals surface area contributed by atoms with E-state index < -0.39 is 0 Å². The molecule has 5 rings (SSSR count). The summed E-state index contributed by atoms with van der Waals surface area (Å²) in [6.45, 7) is 0.353. The summed E-state index contributed by atoms with van der Waals surface area (Å²) in [6.07, 6.45) is 1.85. The Morgan fingerprint density at radius 2 is 1.75 bits per heavy atom. The fraction of sp³-hybridized carbons (Fsp3) is 0.0909. The quantitative estimate of drug-likeness (QED) is 0.498. The number of benzene rings is 2. The molecule has 0 spiro atoms. The Hall–Kier alpha value is -3.38. The standard InChI is InChI=1S/C22H15NO4S/c24-21-17-6-2-1-5-16(17)18(11-15-4-3-9-28-15)22(25)23(21)12-14-7-8-19-20(10-14)27-13-26-19/h1-11H,12-13H2/b18-11+. The SMILES string of the molecule is O=C1/C(=C/c2cccs2)c2ccccc2C(=O)N1Cc1ccc2c(c1)OCO2. The molecule has 6 heteroatoms. The van der Waals surface area contributed by atoms with Crippen LogP contribution in [0.3, 0.4) is 0 Å². The Balaban J connectivity index is 1.55. The van der Waals surface area contributed by atoms with Gasteiger partial charge in [0.2, 0.25) is 6.79 Å². The second-order valence-electron chi connectivity index (χ2n) is 6.50. The molecule has 0 N–H and O–H groups in total. The zero-order valence-electron chi connectivity index (χ0n) is 14.8. The highest BCUT2D eigenvalue weighted by atomic mass is 32.1. The van der Waals surface area contributed by atoms with Gasteiger partial charge in [-0.05, 0) is 46.8 Å². The first-order valence-corrected chi connectivity index (χ1v) is 9.68. The van der Waals surface area contributed by atoms with Crippen LogP contribution in [-0.2, 0) is 11.3 Å². The van der Waals surface area contributed by atoms with Crippen LogP contribution in [0.5, 0.6) is 11.5 Å². The summed E-state index contributed by atoms with van der Waals surface area (Å²) in [5, 5.41) is 1.96.